The van der Waals surface area contributed by atoms with Gasteiger partial charge in [-0.1, -0.05) is 12.5 Å². The number of rotatable bonds is 3. The molecule has 3 N–H and O–H groups in total. The van der Waals surface area contributed by atoms with E-state index < -0.39 is 0 Å². The normalized spacial score (nSPS) is 22.6. The van der Waals surface area contributed by atoms with Gasteiger partial charge in [0, 0.05) is 24.6 Å². The fourth-order valence-corrected chi connectivity index (χ4v) is 3.01. The van der Waals surface area contributed by atoms with E-state index in [1.165, 1.54) is 0 Å². The molecule has 1 aliphatic carbocycles. The van der Waals surface area contributed by atoms with E-state index in [9.17, 15) is 9.90 Å². The number of aromatic hydroxyl groups is 1. The Kier molecular flexibility index (Phi) is 4.65. The van der Waals surface area contributed by atoms with Crippen LogP contribution in [-0.4, -0.2) is 23.6 Å². The Morgan fingerprint density at radius 1 is 1.45 bits per heavy atom. The number of hydrogen-bond acceptors (Lipinski definition) is 3. The molecule has 0 aromatic heterocycles. The zero-order valence-electron chi connectivity index (χ0n) is 12.3. The molecule has 0 bridgehead atoms. The van der Waals surface area contributed by atoms with Crippen LogP contribution < -0.4 is 10.6 Å². The van der Waals surface area contributed by atoms with Crippen molar-refractivity contribution in [3.8, 4) is 5.75 Å². The minimum Gasteiger partial charge on any atom is -0.508 e. The van der Waals surface area contributed by atoms with Gasteiger partial charge in [-0.25, -0.2) is 0 Å². The molecule has 0 spiro atoms. The Balaban J connectivity index is 2.22. The van der Waals surface area contributed by atoms with Crippen molar-refractivity contribution in [3.63, 3.8) is 0 Å². The summed E-state index contributed by atoms with van der Waals surface area (Å²) < 4.78 is 0. The van der Waals surface area contributed by atoms with E-state index in [0.717, 1.165) is 36.9 Å². The highest BCUT2D eigenvalue weighted by Crippen LogP contribution is 2.30. The zero-order chi connectivity index (χ0) is 14.7. The lowest BCUT2D eigenvalue weighted by Crippen LogP contribution is -2.41. The maximum absolute atomic E-state index is 12.7. The highest BCUT2D eigenvalue weighted by molar-refractivity contribution is 5.96. The summed E-state index contributed by atoms with van der Waals surface area (Å²) in [5, 5.41) is 9.66. The maximum Gasteiger partial charge on any atom is 0.230 e. The minimum atomic E-state index is 0.0143. The van der Waals surface area contributed by atoms with Crippen molar-refractivity contribution in [2.45, 2.75) is 45.6 Å². The largest absolute Gasteiger partial charge is 0.508 e. The van der Waals surface area contributed by atoms with Crippen LogP contribution >= 0.6 is 0 Å². The highest BCUT2D eigenvalue weighted by Gasteiger charge is 2.29. The average molecular weight is 276 g/mol. The summed E-state index contributed by atoms with van der Waals surface area (Å²) in [5.74, 6) is 0.342. The number of hydrogen-bond donors (Lipinski definition) is 2. The van der Waals surface area contributed by atoms with Gasteiger partial charge in [-0.3, -0.25) is 4.79 Å². The van der Waals surface area contributed by atoms with E-state index in [2.05, 4.69) is 0 Å². The summed E-state index contributed by atoms with van der Waals surface area (Å²) >= 11 is 0. The molecule has 20 heavy (non-hydrogen) atoms. The van der Waals surface area contributed by atoms with E-state index in [1.54, 1.807) is 17.0 Å². The molecule has 1 aliphatic rings. The van der Waals surface area contributed by atoms with Crippen LogP contribution in [0, 0.1) is 12.8 Å². The van der Waals surface area contributed by atoms with E-state index in [4.69, 9.17) is 5.73 Å². The van der Waals surface area contributed by atoms with Gasteiger partial charge in [0.25, 0.3) is 0 Å². The smallest absolute Gasteiger partial charge is 0.230 e. The van der Waals surface area contributed by atoms with Gasteiger partial charge in [0.15, 0.2) is 0 Å². The molecule has 4 nitrogen and oxygen atoms in total. The molecule has 110 valence electrons. The first-order valence-electron chi connectivity index (χ1n) is 7.39. The van der Waals surface area contributed by atoms with Crippen LogP contribution in [0.15, 0.2) is 18.2 Å². The van der Waals surface area contributed by atoms with Crippen LogP contribution in [0.25, 0.3) is 0 Å². The van der Waals surface area contributed by atoms with Crippen LogP contribution in [0.1, 0.15) is 38.2 Å². The van der Waals surface area contributed by atoms with Crippen molar-refractivity contribution < 1.29 is 9.90 Å². The summed E-state index contributed by atoms with van der Waals surface area (Å²) in [4.78, 5) is 14.5. The van der Waals surface area contributed by atoms with Crippen LogP contribution in [0.5, 0.6) is 5.75 Å². The molecular weight excluding hydrogens is 252 g/mol. The van der Waals surface area contributed by atoms with Gasteiger partial charge in [-0.05, 0) is 44.7 Å². The number of anilines is 1. The molecule has 2 unspecified atom stereocenters. The Hall–Kier alpha value is -1.55. The van der Waals surface area contributed by atoms with E-state index in [0.29, 0.717) is 6.54 Å². The number of carbonyl (C=O) groups excluding carboxylic acids is 1. The molecule has 1 fully saturated rings. The molecule has 2 atom stereocenters. The molecule has 1 saturated carbocycles. The Morgan fingerprint density at radius 2 is 2.20 bits per heavy atom. The molecule has 1 aromatic carbocycles. The second-order valence-corrected chi connectivity index (χ2v) is 5.68. The first kappa shape index (κ1) is 14.9. The Labute approximate surface area is 120 Å². The van der Waals surface area contributed by atoms with Gasteiger partial charge < -0.3 is 15.7 Å². The highest BCUT2D eigenvalue weighted by atomic mass is 16.3. The van der Waals surface area contributed by atoms with Gasteiger partial charge >= 0.3 is 0 Å². The van der Waals surface area contributed by atoms with Crippen LogP contribution in [-0.2, 0) is 4.79 Å². The summed E-state index contributed by atoms with van der Waals surface area (Å²) in [6, 6.07) is 5.29. The number of phenols is 1. The predicted octanol–water partition coefficient (Wildman–Crippen LogP) is 2.57. The Bertz CT molecular complexity index is 487. The standard InChI is InChI=1S/C16H24N2O2/c1-3-18(15-10-14(19)8-7-11(15)2)16(20)12-5-4-6-13(17)9-12/h7-8,10,12-13,19H,3-6,9,17H2,1-2H3. The molecule has 1 amide bonds. The lowest BCUT2D eigenvalue weighted by Gasteiger charge is -2.31. The van der Waals surface area contributed by atoms with Gasteiger partial charge in [-0.15, -0.1) is 0 Å². The van der Waals surface area contributed by atoms with Crippen LogP contribution in [0.2, 0.25) is 0 Å². The van der Waals surface area contributed by atoms with Crippen LogP contribution in [0.3, 0.4) is 0 Å². The average Bonchev–Trinajstić information content (AvgIpc) is 2.43. The third kappa shape index (κ3) is 3.12. The molecule has 1 aromatic rings. The fraction of sp³-hybridized carbons (Fsp3) is 0.562. The number of nitrogens with two attached hydrogens (primary N) is 1. The van der Waals surface area contributed by atoms with Gasteiger partial charge in [-0.2, -0.15) is 0 Å². The zero-order valence-corrected chi connectivity index (χ0v) is 12.3. The lowest BCUT2D eigenvalue weighted by molar-refractivity contribution is -0.123. The van der Waals surface area contributed by atoms with Crippen LogP contribution in [0.4, 0.5) is 5.69 Å². The molecule has 0 heterocycles. The number of amides is 1. The summed E-state index contributed by atoms with van der Waals surface area (Å²) in [7, 11) is 0. The topological polar surface area (TPSA) is 66.6 Å². The second kappa shape index (κ2) is 6.27. The van der Waals surface area contributed by atoms with E-state index in [1.807, 2.05) is 19.9 Å². The fourth-order valence-electron chi connectivity index (χ4n) is 3.01. The molecule has 2 rings (SSSR count). The molecule has 0 aliphatic heterocycles. The number of nitrogens with zero attached hydrogens (tertiary/aromatic N) is 1. The van der Waals surface area contributed by atoms with Crippen molar-refractivity contribution in [1.82, 2.24) is 0 Å². The van der Waals surface area contributed by atoms with Gasteiger partial charge in [0.05, 0.1) is 5.69 Å². The maximum atomic E-state index is 12.7. The monoisotopic (exact) mass is 276 g/mol. The van der Waals surface area contributed by atoms with Crippen molar-refractivity contribution in [2.24, 2.45) is 11.7 Å². The van der Waals surface area contributed by atoms with Crippen molar-refractivity contribution in [3.05, 3.63) is 23.8 Å². The number of aryl methyl sites for hydroxylation is 1. The first-order chi connectivity index (χ1) is 9.52. The van der Waals surface area contributed by atoms with Gasteiger partial charge in [0.2, 0.25) is 5.91 Å². The molecule has 4 heteroatoms. The van der Waals surface area contributed by atoms with E-state index >= 15 is 0 Å². The Morgan fingerprint density at radius 3 is 2.85 bits per heavy atom. The number of phenolic OH excluding ortho intramolecular Hbond substituents is 1. The first-order valence-corrected chi connectivity index (χ1v) is 7.39. The van der Waals surface area contributed by atoms with Crippen molar-refractivity contribution in [1.29, 1.82) is 0 Å². The minimum absolute atomic E-state index is 0.0143. The van der Waals surface area contributed by atoms with Gasteiger partial charge in [0.1, 0.15) is 5.75 Å². The van der Waals surface area contributed by atoms with Crippen molar-refractivity contribution in [2.75, 3.05) is 11.4 Å². The van der Waals surface area contributed by atoms with E-state index in [-0.39, 0.29) is 23.6 Å². The number of benzene rings is 1. The summed E-state index contributed by atoms with van der Waals surface area (Å²) in [5.41, 5.74) is 7.79. The quantitative estimate of drug-likeness (QED) is 0.891. The predicted molar refractivity (Wildman–Crippen MR) is 80.8 cm³/mol. The molecule has 0 radical (unpaired) electrons. The van der Waals surface area contributed by atoms with Crippen molar-refractivity contribution >= 4 is 11.6 Å². The lowest BCUT2D eigenvalue weighted by atomic mass is 9.85. The third-order valence-corrected chi connectivity index (χ3v) is 4.13. The number of carbonyl (C=O) groups is 1. The second-order valence-electron chi connectivity index (χ2n) is 5.68. The summed E-state index contributed by atoms with van der Waals surface area (Å²) in [6.45, 7) is 4.52. The third-order valence-electron chi connectivity index (χ3n) is 4.13. The molecular formula is C16H24N2O2. The molecule has 0 saturated heterocycles. The summed E-state index contributed by atoms with van der Waals surface area (Å²) in [6.07, 6.45) is 3.73. The SMILES string of the molecule is CCN(C(=O)C1CCCC(N)C1)c1cc(O)ccc1C.